The van der Waals surface area contributed by atoms with Gasteiger partial charge in [0.15, 0.2) is 6.10 Å². The largest absolute Gasteiger partial charge is 0.416 e. The Hall–Kier alpha value is -1.90. The Labute approximate surface area is 124 Å². The van der Waals surface area contributed by atoms with Gasteiger partial charge in [0.25, 0.3) is 0 Å². The monoisotopic (exact) mass is 315 g/mol. The number of anilines is 1. The van der Waals surface area contributed by atoms with Gasteiger partial charge < -0.3 is 9.64 Å². The van der Waals surface area contributed by atoms with Crippen LogP contribution in [0.1, 0.15) is 25.5 Å². The average molecular weight is 315 g/mol. The van der Waals surface area contributed by atoms with E-state index >= 15 is 0 Å². The van der Waals surface area contributed by atoms with Gasteiger partial charge in [-0.25, -0.2) is 0 Å². The first-order valence-electron chi connectivity index (χ1n) is 7.00. The molecule has 1 atom stereocenters. The van der Waals surface area contributed by atoms with Crippen molar-refractivity contribution in [1.29, 1.82) is 0 Å². The van der Waals surface area contributed by atoms with Crippen molar-refractivity contribution >= 4 is 11.3 Å². The lowest BCUT2D eigenvalue weighted by molar-refractivity contribution is -0.221. The van der Waals surface area contributed by atoms with Gasteiger partial charge in [-0.15, -0.1) is 10.2 Å². The molecule has 0 bridgehead atoms. The van der Waals surface area contributed by atoms with E-state index in [2.05, 4.69) is 15.3 Å². The number of hydrogen-bond acceptors (Lipinski definition) is 5. The smallest absolute Gasteiger partial charge is 0.365 e. The number of rotatable bonds is 2. The van der Waals surface area contributed by atoms with Crippen LogP contribution in [0, 0.1) is 0 Å². The predicted octanol–water partition coefficient (Wildman–Crippen LogP) is 2.02. The van der Waals surface area contributed by atoms with Crippen molar-refractivity contribution in [3.63, 3.8) is 0 Å². The van der Waals surface area contributed by atoms with E-state index in [1.807, 2.05) is 13.8 Å². The zero-order valence-corrected chi connectivity index (χ0v) is 12.2. The average Bonchev–Trinajstić information content (AvgIpc) is 2.93. The first-order chi connectivity index (χ1) is 10.4. The molecule has 1 saturated heterocycles. The minimum atomic E-state index is -4.38. The Balaban J connectivity index is 1.99. The van der Waals surface area contributed by atoms with Gasteiger partial charge in [-0.3, -0.25) is 0 Å². The molecule has 0 aliphatic carbocycles. The maximum atomic E-state index is 12.9. The van der Waals surface area contributed by atoms with Gasteiger partial charge in [0, 0.05) is 6.54 Å². The van der Waals surface area contributed by atoms with Crippen molar-refractivity contribution in [2.24, 2.45) is 0 Å². The van der Waals surface area contributed by atoms with Crippen molar-refractivity contribution in [2.45, 2.75) is 32.0 Å². The Morgan fingerprint density at radius 3 is 2.82 bits per heavy atom. The molecule has 120 valence electrons. The summed E-state index contributed by atoms with van der Waals surface area (Å²) in [5.74, 6) is 0.144. The summed E-state index contributed by atoms with van der Waals surface area (Å²) in [5, 5.41) is 12.1. The van der Waals surface area contributed by atoms with Gasteiger partial charge >= 0.3 is 6.18 Å². The molecule has 3 heterocycles. The maximum Gasteiger partial charge on any atom is 0.416 e. The third kappa shape index (κ3) is 2.72. The molecule has 1 fully saturated rings. The number of alkyl halides is 3. The predicted molar refractivity (Wildman–Crippen MR) is 72.9 cm³/mol. The number of fused-ring (bicyclic) bond motifs is 1. The molecular weight excluding hydrogens is 299 g/mol. The lowest BCUT2D eigenvalue weighted by Gasteiger charge is -2.35. The summed E-state index contributed by atoms with van der Waals surface area (Å²) >= 11 is 0. The van der Waals surface area contributed by atoms with Crippen LogP contribution in [-0.2, 0) is 4.74 Å². The van der Waals surface area contributed by atoms with Gasteiger partial charge in [0.05, 0.1) is 24.5 Å². The number of halogens is 3. The second kappa shape index (κ2) is 5.38. The fourth-order valence-electron chi connectivity index (χ4n) is 2.41. The molecular formula is C13H16F3N5O. The summed E-state index contributed by atoms with van der Waals surface area (Å²) in [6.45, 7) is 4.08. The lowest BCUT2D eigenvalue weighted by atomic mass is 10.1. The van der Waals surface area contributed by atoms with Crippen molar-refractivity contribution in [1.82, 2.24) is 19.8 Å². The molecule has 0 aromatic carbocycles. The molecule has 0 spiro atoms. The summed E-state index contributed by atoms with van der Waals surface area (Å²) in [6.07, 6.45) is -4.72. The van der Waals surface area contributed by atoms with Crippen molar-refractivity contribution in [2.75, 3.05) is 24.6 Å². The van der Waals surface area contributed by atoms with Crippen molar-refractivity contribution in [3.8, 4) is 0 Å². The highest BCUT2D eigenvalue weighted by molar-refractivity contribution is 5.68. The van der Waals surface area contributed by atoms with Crippen LogP contribution in [0.5, 0.6) is 0 Å². The topological polar surface area (TPSA) is 55.5 Å². The molecule has 0 amide bonds. The molecule has 1 unspecified atom stereocenters. The highest BCUT2D eigenvalue weighted by atomic mass is 19.4. The Morgan fingerprint density at radius 2 is 2.14 bits per heavy atom. The Kier molecular flexibility index (Phi) is 3.67. The van der Waals surface area contributed by atoms with Gasteiger partial charge in [-0.2, -0.15) is 22.8 Å². The van der Waals surface area contributed by atoms with Crippen LogP contribution in [0.3, 0.4) is 0 Å². The van der Waals surface area contributed by atoms with E-state index in [9.17, 15) is 13.2 Å². The van der Waals surface area contributed by atoms with Crippen LogP contribution < -0.4 is 4.90 Å². The van der Waals surface area contributed by atoms with Crippen molar-refractivity contribution < 1.29 is 17.9 Å². The van der Waals surface area contributed by atoms with Crippen LogP contribution in [-0.4, -0.2) is 51.8 Å². The molecule has 2 aromatic heterocycles. The van der Waals surface area contributed by atoms with Crippen LogP contribution in [0.25, 0.3) is 5.65 Å². The fourth-order valence-corrected chi connectivity index (χ4v) is 2.41. The van der Waals surface area contributed by atoms with E-state index < -0.39 is 12.3 Å². The molecule has 3 rings (SSSR count). The summed E-state index contributed by atoms with van der Waals surface area (Å²) < 4.78 is 45.0. The SMILES string of the molecule is CC(C)c1cc(N2CCOC(C(F)(F)F)C2)c2nncn2n1. The first-order valence-corrected chi connectivity index (χ1v) is 7.00. The fraction of sp³-hybridized carbons (Fsp3) is 0.615. The molecule has 2 aromatic rings. The summed E-state index contributed by atoms with van der Waals surface area (Å²) in [6, 6.07) is 1.79. The number of nitrogens with zero attached hydrogens (tertiary/aromatic N) is 5. The van der Waals surface area contributed by atoms with Gasteiger partial charge in [-0.1, -0.05) is 13.8 Å². The number of morpholine rings is 1. The normalized spacial score (nSPS) is 20.1. The molecule has 1 aliphatic heterocycles. The molecule has 1 aliphatic rings. The molecule has 6 nitrogen and oxygen atoms in total. The number of ether oxygens (including phenoxy) is 1. The number of hydrogen-bond donors (Lipinski definition) is 0. The lowest BCUT2D eigenvalue weighted by Crippen LogP contribution is -2.49. The Bertz CT molecular complexity index is 669. The van der Waals surface area contributed by atoms with Crippen LogP contribution in [0.2, 0.25) is 0 Å². The second-order valence-electron chi connectivity index (χ2n) is 5.56. The van der Waals surface area contributed by atoms with E-state index in [1.165, 1.54) is 10.8 Å². The van der Waals surface area contributed by atoms with Crippen molar-refractivity contribution in [3.05, 3.63) is 18.1 Å². The van der Waals surface area contributed by atoms with E-state index in [-0.39, 0.29) is 19.1 Å². The highest BCUT2D eigenvalue weighted by Crippen LogP contribution is 2.30. The standard InChI is InChI=1S/C13H16F3N5O/c1-8(2)9-5-10(12-18-17-7-21(12)19-9)20-3-4-22-11(6-20)13(14,15)16/h5,7-8,11H,3-4,6H2,1-2H3. The quantitative estimate of drug-likeness (QED) is 0.848. The summed E-state index contributed by atoms with van der Waals surface area (Å²) in [4.78, 5) is 1.64. The zero-order chi connectivity index (χ0) is 15.9. The van der Waals surface area contributed by atoms with Crippen LogP contribution >= 0.6 is 0 Å². The third-order valence-corrected chi connectivity index (χ3v) is 3.63. The van der Waals surface area contributed by atoms with Gasteiger partial charge in [0.1, 0.15) is 6.33 Å². The zero-order valence-electron chi connectivity index (χ0n) is 12.2. The summed E-state index contributed by atoms with van der Waals surface area (Å²) in [7, 11) is 0. The first kappa shape index (κ1) is 15.0. The van der Waals surface area contributed by atoms with Crippen LogP contribution in [0.15, 0.2) is 12.4 Å². The molecule has 0 saturated carbocycles. The minimum Gasteiger partial charge on any atom is -0.365 e. The van der Waals surface area contributed by atoms with E-state index in [4.69, 9.17) is 4.74 Å². The Morgan fingerprint density at radius 1 is 1.36 bits per heavy atom. The third-order valence-electron chi connectivity index (χ3n) is 3.63. The van der Waals surface area contributed by atoms with Gasteiger partial charge in [-0.05, 0) is 12.0 Å². The molecule has 22 heavy (non-hydrogen) atoms. The minimum absolute atomic E-state index is 0.0177. The molecule has 0 N–H and O–H groups in total. The highest BCUT2D eigenvalue weighted by Gasteiger charge is 2.43. The van der Waals surface area contributed by atoms with E-state index in [0.29, 0.717) is 17.9 Å². The number of aromatic nitrogens is 4. The van der Waals surface area contributed by atoms with E-state index in [0.717, 1.165) is 5.69 Å². The van der Waals surface area contributed by atoms with E-state index in [1.54, 1.807) is 11.0 Å². The maximum absolute atomic E-state index is 12.9. The van der Waals surface area contributed by atoms with Gasteiger partial charge in [0.2, 0.25) is 5.65 Å². The molecule has 0 radical (unpaired) electrons. The second-order valence-corrected chi connectivity index (χ2v) is 5.56. The molecule has 9 heteroatoms. The van der Waals surface area contributed by atoms with Crippen LogP contribution in [0.4, 0.5) is 18.9 Å². The summed E-state index contributed by atoms with van der Waals surface area (Å²) in [5.41, 5.74) is 1.83.